The summed E-state index contributed by atoms with van der Waals surface area (Å²) in [6.45, 7) is 0. The summed E-state index contributed by atoms with van der Waals surface area (Å²) in [5, 5.41) is 10.3. The van der Waals surface area contributed by atoms with Gasteiger partial charge in [-0.15, -0.1) is 0 Å². The fraction of sp³-hybridized carbons (Fsp3) is 0. The highest BCUT2D eigenvalue weighted by Gasteiger charge is 2.10. The average Bonchev–Trinajstić information content (AvgIpc) is 3.04. The van der Waals surface area contributed by atoms with E-state index in [9.17, 15) is 0 Å². The lowest BCUT2D eigenvalue weighted by Crippen LogP contribution is -1.86. The van der Waals surface area contributed by atoms with Crippen LogP contribution in [0.2, 0.25) is 0 Å². The lowest BCUT2D eigenvalue weighted by Gasteiger charge is -2.13. The Balaban J connectivity index is 1.18. The molecule has 40 heavy (non-hydrogen) atoms. The van der Waals surface area contributed by atoms with E-state index in [0.717, 1.165) is 0 Å². The molecule has 8 aromatic rings. The van der Waals surface area contributed by atoms with Gasteiger partial charge in [0.15, 0.2) is 0 Å². The van der Waals surface area contributed by atoms with Gasteiger partial charge in [-0.1, -0.05) is 146 Å². The van der Waals surface area contributed by atoms with Crippen molar-refractivity contribution in [1.82, 2.24) is 0 Å². The largest absolute Gasteiger partial charge is 0.0616 e. The first-order valence-corrected chi connectivity index (χ1v) is 13.9. The third-order valence-corrected chi connectivity index (χ3v) is 8.26. The predicted molar refractivity (Wildman–Crippen MR) is 173 cm³/mol. The first kappa shape index (κ1) is 22.8. The Hall–Kier alpha value is -5.20. The second-order valence-electron chi connectivity index (χ2n) is 10.5. The molecule has 0 aliphatic carbocycles. The van der Waals surface area contributed by atoms with Crippen LogP contribution in [0.5, 0.6) is 0 Å². The molecule has 0 aliphatic heterocycles. The fourth-order valence-corrected chi connectivity index (χ4v) is 6.27. The minimum absolute atomic E-state index is 1.23. The van der Waals surface area contributed by atoms with Crippen molar-refractivity contribution in [1.29, 1.82) is 0 Å². The van der Waals surface area contributed by atoms with Gasteiger partial charge < -0.3 is 0 Å². The zero-order valence-corrected chi connectivity index (χ0v) is 22.0. The fourth-order valence-electron chi connectivity index (χ4n) is 6.27. The van der Waals surface area contributed by atoms with Crippen LogP contribution in [0.1, 0.15) is 0 Å². The van der Waals surface area contributed by atoms with E-state index in [1.165, 1.54) is 76.5 Å². The molecular weight excluding hydrogens is 480 g/mol. The maximum atomic E-state index is 2.33. The van der Waals surface area contributed by atoms with E-state index in [2.05, 4.69) is 158 Å². The summed E-state index contributed by atoms with van der Waals surface area (Å²) in [6, 6.07) is 57.5. The van der Waals surface area contributed by atoms with Gasteiger partial charge in [0.05, 0.1) is 0 Å². The quantitative estimate of drug-likeness (QED) is 0.209. The first-order valence-electron chi connectivity index (χ1n) is 13.9. The van der Waals surface area contributed by atoms with Crippen molar-refractivity contribution in [3.05, 3.63) is 158 Å². The van der Waals surface area contributed by atoms with Gasteiger partial charge in [0.2, 0.25) is 0 Å². The van der Waals surface area contributed by atoms with Crippen LogP contribution < -0.4 is 0 Å². The smallest absolute Gasteiger partial charge is 0.00990 e. The molecule has 0 heteroatoms. The van der Waals surface area contributed by atoms with Gasteiger partial charge in [-0.2, -0.15) is 0 Å². The topological polar surface area (TPSA) is 0 Å². The molecule has 0 amide bonds. The van der Waals surface area contributed by atoms with Gasteiger partial charge in [-0.25, -0.2) is 0 Å². The highest BCUT2D eigenvalue weighted by atomic mass is 14.1. The van der Waals surface area contributed by atoms with E-state index >= 15 is 0 Å². The number of hydrogen-bond acceptors (Lipinski definition) is 0. The second kappa shape index (κ2) is 9.22. The van der Waals surface area contributed by atoms with Crippen molar-refractivity contribution in [3.8, 4) is 33.4 Å². The van der Waals surface area contributed by atoms with Gasteiger partial charge in [-0.05, 0) is 88.6 Å². The zero-order valence-electron chi connectivity index (χ0n) is 22.0. The molecule has 0 aromatic heterocycles. The van der Waals surface area contributed by atoms with E-state index in [0.29, 0.717) is 0 Å². The Morgan fingerprint density at radius 1 is 0.225 bits per heavy atom. The summed E-state index contributed by atoms with van der Waals surface area (Å²) < 4.78 is 0. The van der Waals surface area contributed by atoms with E-state index in [-0.39, 0.29) is 0 Å². The monoisotopic (exact) mass is 506 g/mol. The summed E-state index contributed by atoms with van der Waals surface area (Å²) in [7, 11) is 0. The number of rotatable bonds is 3. The lowest BCUT2D eigenvalue weighted by atomic mass is 9.91. The van der Waals surface area contributed by atoms with Gasteiger partial charge in [-0.3, -0.25) is 0 Å². The summed E-state index contributed by atoms with van der Waals surface area (Å²) in [6.07, 6.45) is 0. The van der Waals surface area contributed by atoms with Gasteiger partial charge in [0.1, 0.15) is 0 Å². The molecule has 0 fully saturated rings. The molecule has 0 nitrogen and oxygen atoms in total. The highest BCUT2D eigenvalue weighted by molar-refractivity contribution is 6.14. The van der Waals surface area contributed by atoms with Crippen LogP contribution in [0.15, 0.2) is 158 Å². The van der Waals surface area contributed by atoms with Crippen molar-refractivity contribution in [2.45, 2.75) is 0 Å². The molecule has 0 atom stereocenters. The number of benzene rings is 8. The molecule has 0 bridgehead atoms. The third-order valence-electron chi connectivity index (χ3n) is 8.26. The highest BCUT2D eigenvalue weighted by Crippen LogP contribution is 2.37. The van der Waals surface area contributed by atoms with Crippen LogP contribution in [0.3, 0.4) is 0 Å². The Bertz CT molecular complexity index is 2020. The molecule has 0 saturated carbocycles. The Morgan fingerprint density at radius 2 is 0.525 bits per heavy atom. The van der Waals surface area contributed by atoms with E-state index in [1.807, 2.05) is 0 Å². The van der Waals surface area contributed by atoms with E-state index in [4.69, 9.17) is 0 Å². The summed E-state index contributed by atoms with van der Waals surface area (Å²) in [5.74, 6) is 0. The Labute approximate surface area is 233 Å². The minimum Gasteiger partial charge on any atom is -0.0616 e. The average molecular weight is 507 g/mol. The molecule has 0 aliphatic rings. The molecule has 8 aromatic carbocycles. The molecule has 0 saturated heterocycles. The number of hydrogen-bond donors (Lipinski definition) is 0. The van der Waals surface area contributed by atoms with E-state index < -0.39 is 0 Å². The number of fused-ring (bicyclic) bond motifs is 6. The van der Waals surface area contributed by atoms with Crippen molar-refractivity contribution < 1.29 is 0 Å². The summed E-state index contributed by atoms with van der Waals surface area (Å²) >= 11 is 0. The normalized spacial score (nSPS) is 11.5. The molecule has 0 spiro atoms. The summed E-state index contributed by atoms with van der Waals surface area (Å²) in [5.41, 5.74) is 7.49. The van der Waals surface area contributed by atoms with Gasteiger partial charge >= 0.3 is 0 Å². The molecule has 186 valence electrons. The standard InChI is InChI=1S/C40H26/c1-3-11-33-31(9-1)25-39(37-15-7-5-13-35(33)37)29-21-17-27(18-22-29)28-19-23-30(24-20-28)40-26-32-10-2-4-12-34(32)36-14-6-8-16-38(36)40/h1-26H. The molecular formula is C40H26. The maximum absolute atomic E-state index is 2.33. The van der Waals surface area contributed by atoms with Gasteiger partial charge in [0.25, 0.3) is 0 Å². The molecule has 0 unspecified atom stereocenters. The summed E-state index contributed by atoms with van der Waals surface area (Å²) in [4.78, 5) is 0. The van der Waals surface area contributed by atoms with Crippen LogP contribution in [-0.2, 0) is 0 Å². The molecule has 8 rings (SSSR count). The van der Waals surface area contributed by atoms with Crippen LogP contribution in [-0.4, -0.2) is 0 Å². The molecule has 0 heterocycles. The maximum Gasteiger partial charge on any atom is -0.00990 e. The lowest BCUT2D eigenvalue weighted by molar-refractivity contribution is 1.60. The van der Waals surface area contributed by atoms with Crippen molar-refractivity contribution in [3.63, 3.8) is 0 Å². The third kappa shape index (κ3) is 3.69. The Morgan fingerprint density at radius 3 is 0.925 bits per heavy atom. The minimum atomic E-state index is 1.23. The van der Waals surface area contributed by atoms with Crippen LogP contribution in [0, 0.1) is 0 Å². The van der Waals surface area contributed by atoms with Crippen molar-refractivity contribution >= 4 is 43.1 Å². The Kier molecular flexibility index (Phi) is 5.24. The van der Waals surface area contributed by atoms with Crippen LogP contribution in [0.25, 0.3) is 76.5 Å². The molecule has 0 N–H and O–H groups in total. The molecule has 0 radical (unpaired) electrons. The zero-order chi connectivity index (χ0) is 26.5. The predicted octanol–water partition coefficient (Wildman–Crippen LogP) is 11.3. The van der Waals surface area contributed by atoms with E-state index in [1.54, 1.807) is 0 Å². The first-order chi connectivity index (χ1) is 19.8. The van der Waals surface area contributed by atoms with Crippen LogP contribution in [0.4, 0.5) is 0 Å². The van der Waals surface area contributed by atoms with Crippen LogP contribution >= 0.6 is 0 Å². The second-order valence-corrected chi connectivity index (χ2v) is 10.5. The van der Waals surface area contributed by atoms with Crippen molar-refractivity contribution in [2.75, 3.05) is 0 Å². The van der Waals surface area contributed by atoms with Gasteiger partial charge in [0, 0.05) is 0 Å². The SMILES string of the molecule is c1ccc2c(c1)cc(-c1ccc(-c3ccc(-c4cc5ccccc5c5ccccc45)cc3)cc1)c1ccccc12. The van der Waals surface area contributed by atoms with Crippen molar-refractivity contribution in [2.24, 2.45) is 0 Å².